The zero-order chi connectivity index (χ0) is 15.4. The SMILES string of the molecule is C=C(/C=C\N)/C(C)=C1\N=CC(N2CCC(C)CC2)=CN1N. The third-order valence-electron chi connectivity index (χ3n) is 4.10. The minimum Gasteiger partial charge on any atom is -0.405 e. The highest BCUT2D eigenvalue weighted by Crippen LogP contribution is 2.24. The summed E-state index contributed by atoms with van der Waals surface area (Å²) < 4.78 is 0. The van der Waals surface area contributed by atoms with Gasteiger partial charge in [0.1, 0.15) is 5.82 Å². The van der Waals surface area contributed by atoms with Crippen LogP contribution in [-0.4, -0.2) is 29.2 Å². The first-order chi connectivity index (χ1) is 10.0. The van der Waals surface area contributed by atoms with E-state index in [0.717, 1.165) is 35.9 Å². The number of piperidine rings is 1. The Bertz CT molecular complexity index is 519. The van der Waals surface area contributed by atoms with Crippen LogP contribution in [0.15, 0.2) is 52.7 Å². The van der Waals surface area contributed by atoms with E-state index in [-0.39, 0.29) is 0 Å². The van der Waals surface area contributed by atoms with Crippen LogP contribution in [-0.2, 0) is 0 Å². The maximum atomic E-state index is 6.10. The molecule has 4 N–H and O–H groups in total. The van der Waals surface area contributed by atoms with Crippen molar-refractivity contribution in [1.29, 1.82) is 0 Å². The molecular weight excluding hydrogens is 262 g/mol. The normalized spacial score (nSPS) is 22.7. The molecule has 0 amide bonds. The molecule has 5 nitrogen and oxygen atoms in total. The van der Waals surface area contributed by atoms with E-state index >= 15 is 0 Å². The number of hydrogen-bond acceptors (Lipinski definition) is 5. The molecule has 0 saturated carbocycles. The summed E-state index contributed by atoms with van der Waals surface area (Å²) in [6, 6.07) is 0. The third kappa shape index (κ3) is 3.55. The van der Waals surface area contributed by atoms with Gasteiger partial charge in [0.25, 0.3) is 0 Å². The van der Waals surface area contributed by atoms with Crippen molar-refractivity contribution in [2.75, 3.05) is 13.1 Å². The smallest absolute Gasteiger partial charge is 0.150 e. The molecule has 2 heterocycles. The Morgan fingerprint density at radius 3 is 2.67 bits per heavy atom. The van der Waals surface area contributed by atoms with Crippen molar-refractivity contribution in [2.24, 2.45) is 22.5 Å². The van der Waals surface area contributed by atoms with Crippen molar-refractivity contribution in [1.82, 2.24) is 9.91 Å². The molecule has 0 aromatic carbocycles. The van der Waals surface area contributed by atoms with Crippen LogP contribution in [0.5, 0.6) is 0 Å². The predicted octanol–water partition coefficient (Wildman–Crippen LogP) is 2.08. The Kier molecular flexibility index (Phi) is 4.85. The topological polar surface area (TPSA) is 70.9 Å². The fraction of sp³-hybridized carbons (Fsp3) is 0.438. The zero-order valence-corrected chi connectivity index (χ0v) is 12.9. The molecule has 0 radical (unpaired) electrons. The molecule has 21 heavy (non-hydrogen) atoms. The van der Waals surface area contributed by atoms with E-state index < -0.39 is 0 Å². The average molecular weight is 287 g/mol. The van der Waals surface area contributed by atoms with Gasteiger partial charge in [-0.25, -0.2) is 10.8 Å². The van der Waals surface area contributed by atoms with Crippen LogP contribution in [0.3, 0.4) is 0 Å². The lowest BCUT2D eigenvalue weighted by Gasteiger charge is -2.34. The maximum absolute atomic E-state index is 6.10. The van der Waals surface area contributed by atoms with Crippen molar-refractivity contribution in [3.05, 3.63) is 47.7 Å². The molecule has 2 rings (SSSR count). The van der Waals surface area contributed by atoms with Gasteiger partial charge in [-0.3, -0.25) is 5.01 Å². The molecule has 5 heteroatoms. The first kappa shape index (κ1) is 15.4. The van der Waals surface area contributed by atoms with E-state index in [1.165, 1.54) is 19.0 Å². The molecule has 1 fully saturated rings. The first-order valence-electron chi connectivity index (χ1n) is 7.36. The second-order valence-corrected chi connectivity index (χ2v) is 5.72. The van der Waals surface area contributed by atoms with Gasteiger partial charge in [-0.2, -0.15) is 0 Å². The number of aliphatic imine (C=N–C) groups is 1. The van der Waals surface area contributed by atoms with Crippen molar-refractivity contribution in [2.45, 2.75) is 26.7 Å². The van der Waals surface area contributed by atoms with E-state index in [1.54, 1.807) is 11.1 Å². The highest BCUT2D eigenvalue weighted by Gasteiger charge is 2.20. The van der Waals surface area contributed by atoms with Crippen LogP contribution in [0, 0.1) is 5.92 Å². The molecule has 1 saturated heterocycles. The van der Waals surface area contributed by atoms with Crippen LogP contribution in [0.25, 0.3) is 0 Å². The average Bonchev–Trinajstić information content (AvgIpc) is 2.47. The molecule has 0 aromatic heterocycles. The third-order valence-corrected chi connectivity index (χ3v) is 4.10. The van der Waals surface area contributed by atoms with Crippen LogP contribution < -0.4 is 11.6 Å². The van der Waals surface area contributed by atoms with Gasteiger partial charge < -0.3 is 10.6 Å². The second kappa shape index (κ2) is 6.63. The molecule has 0 atom stereocenters. The van der Waals surface area contributed by atoms with Crippen molar-refractivity contribution in [3.63, 3.8) is 0 Å². The summed E-state index contributed by atoms with van der Waals surface area (Å²) in [5.41, 5.74) is 8.19. The van der Waals surface area contributed by atoms with Gasteiger partial charge in [-0.15, -0.1) is 0 Å². The molecule has 0 bridgehead atoms. The van der Waals surface area contributed by atoms with Crippen molar-refractivity contribution >= 4 is 6.21 Å². The predicted molar refractivity (Wildman–Crippen MR) is 87.7 cm³/mol. The molecule has 2 aliphatic rings. The number of nitrogens with zero attached hydrogens (tertiary/aromatic N) is 3. The summed E-state index contributed by atoms with van der Waals surface area (Å²) in [5, 5.41) is 1.57. The van der Waals surface area contributed by atoms with Gasteiger partial charge >= 0.3 is 0 Å². The Morgan fingerprint density at radius 1 is 1.43 bits per heavy atom. The second-order valence-electron chi connectivity index (χ2n) is 5.72. The number of nitrogens with two attached hydrogens (primary N) is 2. The van der Waals surface area contributed by atoms with E-state index in [4.69, 9.17) is 11.6 Å². The van der Waals surface area contributed by atoms with E-state index in [0.29, 0.717) is 5.82 Å². The van der Waals surface area contributed by atoms with Gasteiger partial charge in [0.15, 0.2) is 0 Å². The lowest BCUT2D eigenvalue weighted by molar-refractivity contribution is 0.242. The Labute approximate surface area is 127 Å². The molecule has 0 aromatic rings. The molecule has 0 unspecified atom stereocenters. The largest absolute Gasteiger partial charge is 0.405 e. The van der Waals surface area contributed by atoms with Gasteiger partial charge in [0.2, 0.25) is 0 Å². The molecule has 0 spiro atoms. The first-order valence-corrected chi connectivity index (χ1v) is 7.36. The maximum Gasteiger partial charge on any atom is 0.150 e. The molecule has 114 valence electrons. The summed E-state index contributed by atoms with van der Waals surface area (Å²) >= 11 is 0. The van der Waals surface area contributed by atoms with Crippen LogP contribution in [0.2, 0.25) is 0 Å². The quantitative estimate of drug-likeness (QED) is 0.616. The molecular formula is C16H25N5. The van der Waals surface area contributed by atoms with E-state index in [1.807, 2.05) is 19.3 Å². The van der Waals surface area contributed by atoms with Crippen LogP contribution >= 0.6 is 0 Å². The standard InChI is InChI=1S/C16H25N5/c1-12-5-8-20(9-6-12)15-10-19-16(21(18)11-15)14(3)13(2)4-7-17/h4,7,10-12H,2,5-6,8-9,17-18H2,1,3H3/b7-4-,16-14+. The summed E-state index contributed by atoms with van der Waals surface area (Å²) in [6.07, 6.45) is 9.47. The van der Waals surface area contributed by atoms with Crippen molar-refractivity contribution in [3.8, 4) is 0 Å². The van der Waals surface area contributed by atoms with Crippen LogP contribution in [0.4, 0.5) is 0 Å². The molecule has 2 aliphatic heterocycles. The van der Waals surface area contributed by atoms with E-state index in [2.05, 4.69) is 23.4 Å². The van der Waals surface area contributed by atoms with Gasteiger partial charge in [0, 0.05) is 19.3 Å². The van der Waals surface area contributed by atoms with Gasteiger partial charge in [-0.1, -0.05) is 13.5 Å². The van der Waals surface area contributed by atoms with Crippen molar-refractivity contribution < 1.29 is 0 Å². The number of hydrogen-bond donors (Lipinski definition) is 2. The number of allylic oxidation sites excluding steroid dienone is 4. The lowest BCUT2D eigenvalue weighted by Crippen LogP contribution is -2.37. The highest BCUT2D eigenvalue weighted by molar-refractivity contribution is 5.80. The Balaban J connectivity index is 2.13. The van der Waals surface area contributed by atoms with E-state index in [9.17, 15) is 0 Å². The fourth-order valence-electron chi connectivity index (χ4n) is 2.54. The Morgan fingerprint density at radius 2 is 2.10 bits per heavy atom. The summed E-state index contributed by atoms with van der Waals surface area (Å²) in [7, 11) is 0. The number of rotatable bonds is 3. The van der Waals surface area contributed by atoms with Gasteiger partial charge in [-0.05, 0) is 49.1 Å². The Hall–Kier alpha value is -2.01. The summed E-state index contributed by atoms with van der Waals surface area (Å²) in [6.45, 7) is 10.3. The van der Waals surface area contributed by atoms with Gasteiger partial charge in [0.05, 0.1) is 11.9 Å². The summed E-state index contributed by atoms with van der Waals surface area (Å²) in [5.74, 6) is 7.61. The fourth-order valence-corrected chi connectivity index (χ4v) is 2.54. The highest BCUT2D eigenvalue weighted by atomic mass is 15.4. The minimum atomic E-state index is 0.701. The zero-order valence-electron chi connectivity index (χ0n) is 12.9. The van der Waals surface area contributed by atoms with Crippen LogP contribution in [0.1, 0.15) is 26.7 Å². The minimum absolute atomic E-state index is 0.701. The monoisotopic (exact) mass is 287 g/mol. The number of hydrazine groups is 1. The summed E-state index contributed by atoms with van der Waals surface area (Å²) in [4.78, 5) is 6.84. The number of likely N-dealkylation sites (tertiary alicyclic amines) is 1. The molecule has 0 aliphatic carbocycles. The lowest BCUT2D eigenvalue weighted by atomic mass is 9.99.